The van der Waals surface area contributed by atoms with E-state index in [1.807, 2.05) is 32.4 Å². The lowest BCUT2D eigenvalue weighted by Gasteiger charge is -2.25. The number of hydrogen-bond donors (Lipinski definition) is 1. The topological polar surface area (TPSA) is 82.6 Å². The number of likely N-dealkylation sites (tertiary alicyclic amines) is 1. The Balaban J connectivity index is 2.07. The van der Waals surface area contributed by atoms with Gasteiger partial charge in [-0.2, -0.15) is 5.10 Å². The monoisotopic (exact) mass is 324 g/mol. The van der Waals surface area contributed by atoms with Crippen molar-refractivity contribution in [2.75, 3.05) is 20.2 Å². The molecule has 2 atom stereocenters. The fourth-order valence-corrected chi connectivity index (χ4v) is 2.92. The van der Waals surface area contributed by atoms with Crippen LogP contribution in [0, 0.1) is 5.92 Å². The molecule has 0 bridgehead atoms. The van der Waals surface area contributed by atoms with Crippen LogP contribution < -0.4 is 10.5 Å². The van der Waals surface area contributed by atoms with Gasteiger partial charge in [0.2, 0.25) is 0 Å². The van der Waals surface area contributed by atoms with E-state index in [-0.39, 0.29) is 18.1 Å². The van der Waals surface area contributed by atoms with Crippen LogP contribution in [0.5, 0.6) is 5.75 Å². The Kier molecular flexibility index (Phi) is 5.19. The molecular formula is C16H28N4O3. The molecule has 0 aromatic carbocycles. The number of carbonyl (C=O) groups is 1. The zero-order valence-electron chi connectivity index (χ0n) is 14.7. The fraction of sp³-hybridized carbons (Fsp3) is 0.750. The Labute approximate surface area is 137 Å². The number of nitrogens with zero attached hydrogens (tertiary/aromatic N) is 3. The quantitative estimate of drug-likeness (QED) is 0.918. The van der Waals surface area contributed by atoms with Crippen molar-refractivity contribution in [2.24, 2.45) is 11.7 Å². The Morgan fingerprint density at radius 3 is 2.78 bits per heavy atom. The first-order chi connectivity index (χ1) is 10.8. The van der Waals surface area contributed by atoms with Crippen molar-refractivity contribution in [3.05, 3.63) is 11.9 Å². The standard InChI is InChI=1S/C16H28N4O3/c1-6-20-14(12(22-5)9-18-20)13(17)11-7-8-19(10-11)15(21)23-16(2,3)4/h9,11,13H,6-8,10,17H2,1-5H3. The summed E-state index contributed by atoms with van der Waals surface area (Å²) in [4.78, 5) is 13.9. The van der Waals surface area contributed by atoms with Crippen molar-refractivity contribution in [3.8, 4) is 5.75 Å². The van der Waals surface area contributed by atoms with Crippen LogP contribution in [0.1, 0.15) is 45.9 Å². The lowest BCUT2D eigenvalue weighted by molar-refractivity contribution is 0.0286. The van der Waals surface area contributed by atoms with E-state index in [4.69, 9.17) is 15.2 Å². The van der Waals surface area contributed by atoms with Crippen LogP contribution in [0.25, 0.3) is 0 Å². The summed E-state index contributed by atoms with van der Waals surface area (Å²) < 4.78 is 12.7. The molecule has 0 aliphatic carbocycles. The summed E-state index contributed by atoms with van der Waals surface area (Å²) in [6, 6.07) is -0.222. The van der Waals surface area contributed by atoms with Crippen LogP contribution in [0.15, 0.2) is 6.20 Å². The van der Waals surface area contributed by atoms with E-state index in [2.05, 4.69) is 5.10 Å². The predicted octanol–water partition coefficient (Wildman–Crippen LogP) is 2.17. The molecule has 1 aliphatic rings. The summed E-state index contributed by atoms with van der Waals surface area (Å²) in [5.41, 5.74) is 6.88. The molecular weight excluding hydrogens is 296 g/mol. The van der Waals surface area contributed by atoms with Crippen molar-refractivity contribution in [2.45, 2.75) is 52.3 Å². The normalized spacial score (nSPS) is 19.7. The molecule has 2 rings (SSSR count). The van der Waals surface area contributed by atoms with Crippen LogP contribution in [-0.4, -0.2) is 46.6 Å². The highest BCUT2D eigenvalue weighted by atomic mass is 16.6. The van der Waals surface area contributed by atoms with Gasteiger partial charge in [0.25, 0.3) is 0 Å². The molecule has 0 spiro atoms. The van der Waals surface area contributed by atoms with Gasteiger partial charge in [-0.1, -0.05) is 0 Å². The number of methoxy groups -OCH3 is 1. The molecule has 1 aliphatic heterocycles. The van der Waals surface area contributed by atoms with Gasteiger partial charge in [0, 0.05) is 19.6 Å². The number of aromatic nitrogens is 2. The van der Waals surface area contributed by atoms with Gasteiger partial charge in [-0.3, -0.25) is 4.68 Å². The van der Waals surface area contributed by atoms with Crippen molar-refractivity contribution in [1.82, 2.24) is 14.7 Å². The summed E-state index contributed by atoms with van der Waals surface area (Å²) in [7, 11) is 1.62. The first-order valence-electron chi connectivity index (χ1n) is 8.10. The fourth-order valence-electron chi connectivity index (χ4n) is 2.92. The Bertz CT molecular complexity index is 529. The van der Waals surface area contributed by atoms with Crippen molar-refractivity contribution in [1.29, 1.82) is 0 Å². The first-order valence-corrected chi connectivity index (χ1v) is 8.10. The van der Waals surface area contributed by atoms with E-state index in [0.717, 1.165) is 18.7 Å². The number of rotatable bonds is 4. The lowest BCUT2D eigenvalue weighted by Crippen LogP contribution is -2.36. The molecule has 0 radical (unpaired) electrons. The lowest BCUT2D eigenvalue weighted by atomic mass is 9.96. The predicted molar refractivity (Wildman–Crippen MR) is 87.3 cm³/mol. The third-order valence-electron chi connectivity index (χ3n) is 4.06. The van der Waals surface area contributed by atoms with Crippen LogP contribution in [0.3, 0.4) is 0 Å². The van der Waals surface area contributed by atoms with Crippen LogP contribution in [-0.2, 0) is 11.3 Å². The molecule has 2 unspecified atom stereocenters. The summed E-state index contributed by atoms with van der Waals surface area (Å²) in [5.74, 6) is 0.869. The molecule has 2 N–H and O–H groups in total. The van der Waals surface area contributed by atoms with Crippen LogP contribution in [0.4, 0.5) is 4.79 Å². The van der Waals surface area contributed by atoms with Gasteiger partial charge in [-0.25, -0.2) is 4.79 Å². The van der Waals surface area contributed by atoms with Gasteiger partial charge in [-0.05, 0) is 40.0 Å². The minimum atomic E-state index is -0.485. The summed E-state index contributed by atoms with van der Waals surface area (Å²) in [6.07, 6.45) is 2.26. The van der Waals surface area contributed by atoms with E-state index < -0.39 is 5.60 Å². The highest BCUT2D eigenvalue weighted by molar-refractivity contribution is 5.68. The minimum Gasteiger partial charge on any atom is -0.493 e. The highest BCUT2D eigenvalue weighted by Gasteiger charge is 2.35. The zero-order chi connectivity index (χ0) is 17.2. The van der Waals surface area contributed by atoms with Gasteiger partial charge < -0.3 is 20.1 Å². The number of ether oxygens (including phenoxy) is 2. The second-order valence-corrected chi connectivity index (χ2v) is 6.91. The second kappa shape index (κ2) is 6.78. The molecule has 1 fully saturated rings. The van der Waals surface area contributed by atoms with Crippen LogP contribution >= 0.6 is 0 Å². The maximum Gasteiger partial charge on any atom is 0.410 e. The summed E-state index contributed by atoms with van der Waals surface area (Å²) in [5, 5.41) is 4.31. The number of hydrogen-bond acceptors (Lipinski definition) is 5. The molecule has 7 heteroatoms. The molecule has 7 nitrogen and oxygen atoms in total. The summed E-state index contributed by atoms with van der Waals surface area (Å²) in [6.45, 7) is 9.61. The van der Waals surface area contributed by atoms with Crippen molar-refractivity contribution in [3.63, 3.8) is 0 Å². The SMILES string of the molecule is CCn1ncc(OC)c1C(N)C1CCN(C(=O)OC(C)(C)C)C1. The molecule has 1 aromatic rings. The third kappa shape index (κ3) is 3.96. The average molecular weight is 324 g/mol. The highest BCUT2D eigenvalue weighted by Crippen LogP contribution is 2.33. The van der Waals surface area contributed by atoms with Crippen molar-refractivity contribution < 1.29 is 14.3 Å². The summed E-state index contributed by atoms with van der Waals surface area (Å²) >= 11 is 0. The molecule has 0 saturated carbocycles. The first kappa shape index (κ1) is 17.6. The van der Waals surface area contributed by atoms with E-state index in [9.17, 15) is 4.79 Å². The molecule has 1 amide bonds. The molecule has 130 valence electrons. The van der Waals surface area contributed by atoms with Gasteiger partial charge >= 0.3 is 6.09 Å². The Hall–Kier alpha value is -1.76. The van der Waals surface area contributed by atoms with Crippen LogP contribution in [0.2, 0.25) is 0 Å². The van der Waals surface area contributed by atoms with Gasteiger partial charge in [0.1, 0.15) is 5.60 Å². The minimum absolute atomic E-state index is 0.165. The Morgan fingerprint density at radius 2 is 2.22 bits per heavy atom. The molecule has 1 saturated heterocycles. The van der Waals surface area contributed by atoms with Gasteiger partial charge in [0.15, 0.2) is 5.75 Å². The molecule has 1 aromatic heterocycles. The van der Waals surface area contributed by atoms with E-state index >= 15 is 0 Å². The third-order valence-corrected chi connectivity index (χ3v) is 4.06. The molecule has 23 heavy (non-hydrogen) atoms. The van der Waals surface area contributed by atoms with E-state index in [0.29, 0.717) is 18.8 Å². The maximum atomic E-state index is 12.2. The Morgan fingerprint density at radius 1 is 1.52 bits per heavy atom. The van der Waals surface area contributed by atoms with E-state index in [1.54, 1.807) is 18.2 Å². The largest absolute Gasteiger partial charge is 0.493 e. The van der Waals surface area contributed by atoms with Crippen molar-refractivity contribution >= 4 is 6.09 Å². The van der Waals surface area contributed by atoms with Gasteiger partial charge in [0.05, 0.1) is 25.0 Å². The van der Waals surface area contributed by atoms with Gasteiger partial charge in [-0.15, -0.1) is 0 Å². The zero-order valence-corrected chi connectivity index (χ0v) is 14.7. The smallest absolute Gasteiger partial charge is 0.410 e. The number of amides is 1. The number of aryl methyl sites for hydroxylation is 1. The second-order valence-electron chi connectivity index (χ2n) is 6.91. The van der Waals surface area contributed by atoms with E-state index in [1.165, 1.54) is 0 Å². The number of nitrogens with two attached hydrogens (primary N) is 1. The number of carbonyl (C=O) groups excluding carboxylic acids is 1. The molecule has 2 heterocycles. The maximum absolute atomic E-state index is 12.2. The average Bonchev–Trinajstić information content (AvgIpc) is 3.11.